The Kier molecular flexibility index (Phi) is 13.8. The van der Waals surface area contributed by atoms with Crippen LogP contribution >= 0.6 is 0 Å². The van der Waals surface area contributed by atoms with Crippen LogP contribution in [0.2, 0.25) is 0 Å². The van der Waals surface area contributed by atoms with Crippen LogP contribution in [-0.2, 0) is 9.47 Å². The van der Waals surface area contributed by atoms with Gasteiger partial charge in [-0.25, -0.2) is 0 Å². The van der Waals surface area contributed by atoms with Crippen molar-refractivity contribution in [1.82, 2.24) is 0 Å². The Labute approximate surface area is 95.3 Å². The van der Waals surface area contributed by atoms with E-state index in [4.69, 9.17) is 9.47 Å². The van der Waals surface area contributed by atoms with Gasteiger partial charge in [0.15, 0.2) is 0 Å². The molecule has 0 unspecified atom stereocenters. The molecule has 0 spiro atoms. The molecule has 1 aliphatic rings. The van der Waals surface area contributed by atoms with Gasteiger partial charge in [0.1, 0.15) is 0 Å². The Morgan fingerprint density at radius 1 is 0.933 bits per heavy atom. The van der Waals surface area contributed by atoms with Crippen molar-refractivity contribution in [2.24, 2.45) is 0 Å². The lowest BCUT2D eigenvalue weighted by atomic mass is 10.1. The average Bonchev–Trinajstić information content (AvgIpc) is 2.82. The molecule has 0 aromatic carbocycles. The minimum Gasteiger partial charge on any atom is -0.385 e. The summed E-state index contributed by atoms with van der Waals surface area (Å²) in [5, 5.41) is 0. The first kappa shape index (κ1) is 14.9. The molecule has 1 saturated heterocycles. The summed E-state index contributed by atoms with van der Waals surface area (Å²) in [4.78, 5) is 0. The molecule has 1 heterocycles. The lowest BCUT2D eigenvalue weighted by molar-refractivity contribution is 0.192. The fourth-order valence-corrected chi connectivity index (χ4v) is 1.54. The Morgan fingerprint density at radius 3 is 2.00 bits per heavy atom. The van der Waals surface area contributed by atoms with Crippen LogP contribution in [-0.4, -0.2) is 26.9 Å². The van der Waals surface area contributed by atoms with Gasteiger partial charge in [0.2, 0.25) is 0 Å². The smallest absolute Gasteiger partial charge is 0.0466 e. The van der Waals surface area contributed by atoms with Crippen molar-refractivity contribution in [2.45, 2.75) is 58.3 Å². The maximum atomic E-state index is 4.95. The summed E-state index contributed by atoms with van der Waals surface area (Å²) in [5.41, 5.74) is 0. The van der Waals surface area contributed by atoms with Gasteiger partial charge in [-0.3, -0.25) is 0 Å². The second-order valence-corrected chi connectivity index (χ2v) is 4.08. The van der Waals surface area contributed by atoms with Crippen LogP contribution in [0.1, 0.15) is 58.3 Å². The minimum atomic E-state index is 0.937. The summed E-state index contributed by atoms with van der Waals surface area (Å²) in [6, 6.07) is 0. The molecule has 0 N–H and O–H groups in total. The molecule has 2 heteroatoms. The van der Waals surface area contributed by atoms with Crippen LogP contribution in [0.4, 0.5) is 0 Å². The highest BCUT2D eigenvalue weighted by atomic mass is 16.5. The second-order valence-electron chi connectivity index (χ2n) is 4.08. The van der Waals surface area contributed by atoms with Crippen molar-refractivity contribution < 1.29 is 9.47 Å². The van der Waals surface area contributed by atoms with Crippen molar-refractivity contribution in [3.05, 3.63) is 0 Å². The van der Waals surface area contributed by atoms with Crippen LogP contribution < -0.4 is 0 Å². The number of unbranched alkanes of at least 4 members (excludes halogenated alkanes) is 5. The van der Waals surface area contributed by atoms with Crippen molar-refractivity contribution in [2.75, 3.05) is 26.9 Å². The molecular weight excluding hydrogens is 188 g/mol. The molecular formula is C13H28O2. The van der Waals surface area contributed by atoms with Gasteiger partial charge in [-0.15, -0.1) is 0 Å². The van der Waals surface area contributed by atoms with Gasteiger partial charge in [0.25, 0.3) is 0 Å². The Bertz CT molecular complexity index is 85.1. The topological polar surface area (TPSA) is 18.5 Å². The molecule has 0 saturated carbocycles. The first-order valence-electron chi connectivity index (χ1n) is 6.48. The Balaban J connectivity index is 0.000000322. The molecule has 2 nitrogen and oxygen atoms in total. The highest BCUT2D eigenvalue weighted by Crippen LogP contribution is 2.04. The van der Waals surface area contributed by atoms with Gasteiger partial charge in [-0.1, -0.05) is 39.0 Å². The normalized spacial score (nSPS) is 14.8. The molecule has 0 radical (unpaired) electrons. The van der Waals surface area contributed by atoms with E-state index in [1.807, 2.05) is 0 Å². The van der Waals surface area contributed by atoms with Gasteiger partial charge in [0.05, 0.1) is 0 Å². The number of ether oxygens (including phenoxy) is 2. The van der Waals surface area contributed by atoms with Gasteiger partial charge in [0, 0.05) is 26.9 Å². The van der Waals surface area contributed by atoms with E-state index in [-0.39, 0.29) is 0 Å². The molecule has 92 valence electrons. The molecule has 0 aromatic heterocycles. The SMILES string of the molecule is C1CCOC1.CCCCCCCCOC. The maximum absolute atomic E-state index is 4.95. The zero-order chi connectivity index (χ0) is 11.2. The lowest BCUT2D eigenvalue weighted by Gasteiger charge is -1.98. The number of rotatable bonds is 7. The summed E-state index contributed by atoms with van der Waals surface area (Å²) >= 11 is 0. The van der Waals surface area contributed by atoms with E-state index >= 15 is 0 Å². The first-order valence-corrected chi connectivity index (χ1v) is 6.48. The van der Waals surface area contributed by atoms with Gasteiger partial charge in [-0.2, -0.15) is 0 Å². The second kappa shape index (κ2) is 13.9. The van der Waals surface area contributed by atoms with Gasteiger partial charge >= 0.3 is 0 Å². The summed E-state index contributed by atoms with van der Waals surface area (Å²) in [7, 11) is 1.77. The van der Waals surface area contributed by atoms with Crippen molar-refractivity contribution >= 4 is 0 Å². The monoisotopic (exact) mass is 216 g/mol. The average molecular weight is 216 g/mol. The van der Waals surface area contributed by atoms with E-state index in [1.54, 1.807) is 7.11 Å². The summed E-state index contributed by atoms with van der Waals surface area (Å²) in [6.07, 6.45) is 10.7. The molecule has 1 aliphatic heterocycles. The fourth-order valence-electron chi connectivity index (χ4n) is 1.54. The zero-order valence-electron chi connectivity index (χ0n) is 10.6. The molecule has 1 rings (SSSR count). The molecule has 0 bridgehead atoms. The largest absolute Gasteiger partial charge is 0.385 e. The predicted octanol–water partition coefficient (Wildman–Crippen LogP) is 3.79. The summed E-state index contributed by atoms with van der Waals surface area (Å²) < 4.78 is 9.89. The van der Waals surface area contributed by atoms with E-state index in [0.717, 1.165) is 19.8 Å². The number of methoxy groups -OCH3 is 1. The van der Waals surface area contributed by atoms with E-state index in [2.05, 4.69) is 6.92 Å². The van der Waals surface area contributed by atoms with E-state index in [0.29, 0.717) is 0 Å². The zero-order valence-corrected chi connectivity index (χ0v) is 10.6. The van der Waals surface area contributed by atoms with Crippen molar-refractivity contribution in [3.63, 3.8) is 0 Å². The molecule has 0 amide bonds. The van der Waals surface area contributed by atoms with E-state index < -0.39 is 0 Å². The summed E-state index contributed by atoms with van der Waals surface area (Å²) in [6.45, 7) is 5.18. The highest BCUT2D eigenvalue weighted by Gasteiger charge is 1.94. The maximum Gasteiger partial charge on any atom is 0.0466 e. The standard InChI is InChI=1S/C9H20O.C4H8O/c1-3-4-5-6-7-8-9-10-2;1-2-4-5-3-1/h3-9H2,1-2H3;1-4H2. The minimum absolute atomic E-state index is 0.937. The van der Waals surface area contributed by atoms with E-state index in [9.17, 15) is 0 Å². The third kappa shape index (κ3) is 13.9. The molecule has 0 atom stereocenters. The van der Waals surface area contributed by atoms with Crippen LogP contribution in [0.3, 0.4) is 0 Å². The van der Waals surface area contributed by atoms with Crippen molar-refractivity contribution in [1.29, 1.82) is 0 Å². The van der Waals surface area contributed by atoms with Crippen LogP contribution in [0.25, 0.3) is 0 Å². The van der Waals surface area contributed by atoms with Crippen molar-refractivity contribution in [3.8, 4) is 0 Å². The molecule has 15 heavy (non-hydrogen) atoms. The van der Waals surface area contributed by atoms with E-state index in [1.165, 1.54) is 51.4 Å². The van der Waals surface area contributed by atoms with Crippen LogP contribution in [0.15, 0.2) is 0 Å². The Morgan fingerprint density at radius 2 is 1.53 bits per heavy atom. The molecule has 0 aliphatic carbocycles. The van der Waals surface area contributed by atoms with Gasteiger partial charge < -0.3 is 9.47 Å². The third-order valence-electron chi connectivity index (χ3n) is 2.53. The fraction of sp³-hybridized carbons (Fsp3) is 1.00. The Hall–Kier alpha value is -0.0800. The summed E-state index contributed by atoms with van der Waals surface area (Å²) in [5.74, 6) is 0. The number of hydrogen-bond acceptors (Lipinski definition) is 2. The lowest BCUT2D eigenvalue weighted by Crippen LogP contribution is -1.87. The third-order valence-corrected chi connectivity index (χ3v) is 2.53. The van der Waals surface area contributed by atoms with Crippen LogP contribution in [0, 0.1) is 0 Å². The molecule has 1 fully saturated rings. The quantitative estimate of drug-likeness (QED) is 0.603. The molecule has 0 aromatic rings. The first-order chi connectivity index (χ1) is 7.41. The van der Waals surface area contributed by atoms with Crippen LogP contribution in [0.5, 0.6) is 0 Å². The van der Waals surface area contributed by atoms with Gasteiger partial charge in [-0.05, 0) is 19.3 Å². The predicted molar refractivity (Wildman–Crippen MR) is 65.3 cm³/mol. The number of hydrogen-bond donors (Lipinski definition) is 0. The highest BCUT2D eigenvalue weighted by molar-refractivity contribution is 4.43.